The third-order valence-corrected chi connectivity index (χ3v) is 3.09. The van der Waals surface area contributed by atoms with Crippen molar-refractivity contribution in [2.24, 2.45) is 0 Å². The van der Waals surface area contributed by atoms with Gasteiger partial charge in [-0.2, -0.15) is 13.2 Å². The van der Waals surface area contributed by atoms with Crippen molar-refractivity contribution in [3.05, 3.63) is 29.3 Å². The van der Waals surface area contributed by atoms with Gasteiger partial charge in [-0.15, -0.1) is 11.6 Å². The Bertz CT molecular complexity index is 542. The summed E-state index contributed by atoms with van der Waals surface area (Å²) in [5, 5.41) is 0. The number of amides is 1. The second-order valence-corrected chi connectivity index (χ2v) is 4.40. The molecule has 7 heteroatoms. The molecule has 1 aromatic rings. The van der Waals surface area contributed by atoms with E-state index in [0.717, 1.165) is 11.0 Å². The molecule has 1 heterocycles. The number of ketones is 1. The minimum atomic E-state index is -4.66. The van der Waals surface area contributed by atoms with Crippen LogP contribution in [0.25, 0.3) is 0 Å². The first-order valence-electron chi connectivity index (χ1n) is 5.50. The van der Waals surface area contributed by atoms with Crippen LogP contribution in [-0.2, 0) is 11.0 Å². The summed E-state index contributed by atoms with van der Waals surface area (Å²) >= 11 is 5.49. The maximum atomic E-state index is 12.8. The van der Waals surface area contributed by atoms with E-state index in [9.17, 15) is 22.8 Å². The normalized spacial score (nSPS) is 15.1. The molecule has 0 radical (unpaired) electrons. The highest BCUT2D eigenvalue weighted by Gasteiger charge is 2.44. The summed E-state index contributed by atoms with van der Waals surface area (Å²) in [7, 11) is 0. The fourth-order valence-electron chi connectivity index (χ4n) is 2.02. The predicted molar refractivity (Wildman–Crippen MR) is 63.5 cm³/mol. The molecule has 0 bridgehead atoms. The number of hydrogen-bond donors (Lipinski definition) is 0. The molecule has 19 heavy (non-hydrogen) atoms. The molecular formula is C12H9ClF3NO2. The van der Waals surface area contributed by atoms with Gasteiger partial charge < -0.3 is 4.90 Å². The second kappa shape index (κ2) is 4.85. The Kier molecular flexibility index (Phi) is 3.54. The Morgan fingerprint density at radius 1 is 1.21 bits per heavy atom. The Balaban J connectivity index is 2.52. The molecule has 1 aliphatic rings. The Morgan fingerprint density at radius 2 is 1.89 bits per heavy atom. The van der Waals surface area contributed by atoms with Crippen LogP contribution in [0.3, 0.4) is 0 Å². The van der Waals surface area contributed by atoms with Crippen molar-refractivity contribution >= 4 is 29.0 Å². The van der Waals surface area contributed by atoms with E-state index in [0.29, 0.717) is 6.42 Å². The quantitative estimate of drug-likeness (QED) is 0.634. The van der Waals surface area contributed by atoms with Crippen molar-refractivity contribution in [2.45, 2.75) is 12.6 Å². The van der Waals surface area contributed by atoms with Crippen molar-refractivity contribution in [3.8, 4) is 0 Å². The number of benzene rings is 1. The molecule has 0 N–H and O–H groups in total. The molecule has 0 atom stereocenters. The zero-order chi connectivity index (χ0) is 14.2. The lowest BCUT2D eigenvalue weighted by molar-refractivity contribution is -0.137. The van der Waals surface area contributed by atoms with Crippen LogP contribution in [0, 0.1) is 0 Å². The largest absolute Gasteiger partial charge is 0.417 e. The average Bonchev–Trinajstić information content (AvgIpc) is 2.59. The van der Waals surface area contributed by atoms with Crippen LogP contribution in [0.5, 0.6) is 0 Å². The third kappa shape index (κ3) is 2.32. The highest BCUT2D eigenvalue weighted by molar-refractivity contribution is 6.52. The molecule has 0 spiro atoms. The first-order valence-corrected chi connectivity index (χ1v) is 6.03. The summed E-state index contributed by atoms with van der Waals surface area (Å²) in [4.78, 5) is 24.5. The molecule has 1 aromatic carbocycles. The zero-order valence-electron chi connectivity index (χ0n) is 9.63. The molecule has 2 rings (SSSR count). The van der Waals surface area contributed by atoms with Crippen LogP contribution < -0.4 is 4.90 Å². The Hall–Kier alpha value is -1.56. The summed E-state index contributed by atoms with van der Waals surface area (Å²) in [5.41, 5.74) is -1.62. The van der Waals surface area contributed by atoms with Crippen molar-refractivity contribution in [1.82, 2.24) is 0 Å². The lowest BCUT2D eigenvalue weighted by atomic mass is 10.0. The molecule has 0 aliphatic carbocycles. The first kappa shape index (κ1) is 13.9. The van der Waals surface area contributed by atoms with Crippen LogP contribution >= 0.6 is 11.6 Å². The minimum absolute atomic E-state index is 0.00921. The van der Waals surface area contributed by atoms with E-state index >= 15 is 0 Å². The van der Waals surface area contributed by atoms with E-state index in [-0.39, 0.29) is 18.1 Å². The van der Waals surface area contributed by atoms with Gasteiger partial charge >= 0.3 is 6.18 Å². The monoisotopic (exact) mass is 291 g/mol. The lowest BCUT2D eigenvalue weighted by Crippen LogP contribution is -2.30. The molecule has 1 amide bonds. The first-order chi connectivity index (χ1) is 8.88. The van der Waals surface area contributed by atoms with Crippen molar-refractivity contribution in [3.63, 3.8) is 0 Å². The summed E-state index contributed by atoms with van der Waals surface area (Å²) in [6.45, 7) is 0.127. The average molecular weight is 292 g/mol. The summed E-state index contributed by atoms with van der Waals surface area (Å²) in [6.07, 6.45) is -4.26. The number of carbonyl (C=O) groups is 2. The zero-order valence-corrected chi connectivity index (χ0v) is 10.4. The van der Waals surface area contributed by atoms with E-state index in [1.54, 1.807) is 0 Å². The second-order valence-electron chi connectivity index (χ2n) is 4.03. The number of anilines is 1. The van der Waals surface area contributed by atoms with Crippen molar-refractivity contribution in [2.75, 3.05) is 17.3 Å². The van der Waals surface area contributed by atoms with E-state index in [1.807, 2.05) is 0 Å². The molecule has 0 fully saturated rings. The van der Waals surface area contributed by atoms with Crippen LogP contribution in [-0.4, -0.2) is 24.1 Å². The molecule has 1 aliphatic heterocycles. The van der Waals surface area contributed by atoms with Gasteiger partial charge in [0.05, 0.1) is 16.8 Å². The number of alkyl halides is 4. The van der Waals surface area contributed by atoms with E-state index < -0.39 is 29.0 Å². The summed E-state index contributed by atoms with van der Waals surface area (Å²) in [6, 6.07) is 3.32. The van der Waals surface area contributed by atoms with Gasteiger partial charge in [0.1, 0.15) is 0 Å². The van der Waals surface area contributed by atoms with Crippen LogP contribution in [0.4, 0.5) is 18.9 Å². The van der Waals surface area contributed by atoms with Crippen molar-refractivity contribution < 1.29 is 22.8 Å². The number of carbonyl (C=O) groups excluding carboxylic acids is 2. The molecule has 0 saturated heterocycles. The fourth-order valence-corrected chi connectivity index (χ4v) is 2.14. The van der Waals surface area contributed by atoms with E-state index in [4.69, 9.17) is 11.6 Å². The van der Waals surface area contributed by atoms with Crippen LogP contribution in [0.2, 0.25) is 0 Å². The molecule has 0 aromatic heterocycles. The van der Waals surface area contributed by atoms with Gasteiger partial charge in [-0.25, -0.2) is 0 Å². The molecular weight excluding hydrogens is 283 g/mol. The number of nitrogens with zero attached hydrogens (tertiary/aromatic N) is 1. The maximum Gasteiger partial charge on any atom is 0.417 e. The number of fused-ring (bicyclic) bond motifs is 1. The fraction of sp³-hybridized carbons (Fsp3) is 0.333. The smallest absolute Gasteiger partial charge is 0.305 e. The molecule has 0 unspecified atom stereocenters. The Labute approximate surface area is 111 Å². The van der Waals surface area contributed by atoms with Gasteiger partial charge in [-0.3, -0.25) is 9.59 Å². The van der Waals surface area contributed by atoms with E-state index in [1.165, 1.54) is 12.1 Å². The number of hydrogen-bond acceptors (Lipinski definition) is 2. The standard InChI is InChI=1S/C12H9ClF3NO2/c13-5-2-6-17-8-4-1-3-7(12(14,15)16)9(8)10(18)11(17)19/h1,3-4H,2,5-6H2. The third-order valence-electron chi connectivity index (χ3n) is 2.82. The van der Waals surface area contributed by atoms with Gasteiger partial charge in [-0.05, 0) is 18.6 Å². The van der Waals surface area contributed by atoms with Gasteiger partial charge in [0.2, 0.25) is 0 Å². The van der Waals surface area contributed by atoms with Crippen LogP contribution in [0.1, 0.15) is 22.3 Å². The number of Topliss-reactive ketones (excluding diaryl/α,β-unsaturated/α-hetero) is 1. The van der Waals surface area contributed by atoms with Gasteiger partial charge in [0.25, 0.3) is 11.7 Å². The van der Waals surface area contributed by atoms with Gasteiger partial charge in [0, 0.05) is 12.4 Å². The highest BCUT2D eigenvalue weighted by Crippen LogP contribution is 2.39. The molecule has 102 valence electrons. The number of halogens is 4. The molecule has 0 saturated carbocycles. The summed E-state index contributed by atoms with van der Waals surface area (Å²) in [5.74, 6) is -1.79. The minimum Gasteiger partial charge on any atom is -0.305 e. The van der Waals surface area contributed by atoms with E-state index in [2.05, 4.69) is 0 Å². The Morgan fingerprint density at radius 3 is 2.47 bits per heavy atom. The van der Waals surface area contributed by atoms with Gasteiger partial charge in [0.15, 0.2) is 0 Å². The van der Waals surface area contributed by atoms with Crippen LogP contribution in [0.15, 0.2) is 18.2 Å². The summed E-state index contributed by atoms with van der Waals surface area (Å²) < 4.78 is 38.5. The lowest BCUT2D eigenvalue weighted by Gasteiger charge is -2.16. The van der Waals surface area contributed by atoms with Crippen molar-refractivity contribution in [1.29, 1.82) is 0 Å². The SMILES string of the molecule is O=C1C(=O)N(CCCCl)c2cccc(C(F)(F)F)c21. The predicted octanol–water partition coefficient (Wildman–Crippen LogP) is 2.86. The van der Waals surface area contributed by atoms with Gasteiger partial charge in [-0.1, -0.05) is 6.07 Å². The maximum absolute atomic E-state index is 12.8. The topological polar surface area (TPSA) is 37.4 Å². The number of rotatable bonds is 3. The molecule has 3 nitrogen and oxygen atoms in total. The highest BCUT2D eigenvalue weighted by atomic mass is 35.5.